The molecular weight excluding hydrogens is 596 g/mol. The van der Waals surface area contributed by atoms with E-state index in [1.807, 2.05) is 0 Å². The van der Waals surface area contributed by atoms with E-state index in [4.69, 9.17) is 18.9 Å². The average molecular weight is 645 g/mol. The summed E-state index contributed by atoms with van der Waals surface area (Å²) in [5.74, 6) is 5.11. The van der Waals surface area contributed by atoms with Crippen LogP contribution in [0.15, 0.2) is 49.1 Å². The Bertz CT molecular complexity index is 1430. The second kappa shape index (κ2) is 13.2. The van der Waals surface area contributed by atoms with Crippen LogP contribution in [0.4, 0.5) is 0 Å². The summed E-state index contributed by atoms with van der Waals surface area (Å²) in [5.41, 5.74) is 1.18. The lowest BCUT2D eigenvalue weighted by Gasteiger charge is -2.31. The van der Waals surface area contributed by atoms with Crippen molar-refractivity contribution in [2.24, 2.45) is 71.0 Å². The van der Waals surface area contributed by atoms with Crippen molar-refractivity contribution >= 4 is 23.9 Å². The van der Waals surface area contributed by atoms with Crippen LogP contribution in [-0.4, -0.2) is 50.3 Å². The predicted octanol–water partition coefficient (Wildman–Crippen LogP) is 6.45. The Balaban J connectivity index is 0.857. The first-order valence-electron chi connectivity index (χ1n) is 17.7. The van der Waals surface area contributed by atoms with Gasteiger partial charge in [0.2, 0.25) is 0 Å². The van der Waals surface area contributed by atoms with Gasteiger partial charge in [0.05, 0.1) is 37.6 Å². The second-order valence-corrected chi connectivity index (χ2v) is 15.6. The van der Waals surface area contributed by atoms with Crippen LogP contribution in [0.5, 0.6) is 0 Å². The largest absolute Gasteiger partial charge is 0.462 e. The Kier molecular flexibility index (Phi) is 9.05. The zero-order valence-electron chi connectivity index (χ0n) is 27.5. The summed E-state index contributed by atoms with van der Waals surface area (Å²) < 4.78 is 22.4. The van der Waals surface area contributed by atoms with Gasteiger partial charge in [0.1, 0.15) is 0 Å². The maximum Gasteiger partial charge on any atom is 0.338 e. The van der Waals surface area contributed by atoms with E-state index in [-0.39, 0.29) is 11.9 Å². The molecule has 6 aliphatic carbocycles. The topological polar surface area (TPSA) is 105 Å². The Hall–Kier alpha value is -3.42. The molecule has 4 bridgehead atoms. The molecule has 0 heterocycles. The molecule has 0 N–H and O–H groups in total. The first-order chi connectivity index (χ1) is 22.7. The van der Waals surface area contributed by atoms with Crippen LogP contribution in [0.2, 0.25) is 0 Å². The van der Waals surface area contributed by atoms with Crippen LogP contribution in [0.1, 0.15) is 79.0 Å². The number of ether oxygens (including phenoxy) is 4. The van der Waals surface area contributed by atoms with Gasteiger partial charge in [-0.25, -0.2) is 19.2 Å². The van der Waals surface area contributed by atoms with E-state index in [1.165, 1.54) is 18.9 Å². The van der Waals surface area contributed by atoms with Crippen LogP contribution >= 0.6 is 0 Å². The number of carbonyl (C=O) groups is 4. The fraction of sp³-hybridized carbons (Fsp3) is 0.641. The molecule has 0 radical (unpaired) electrons. The lowest BCUT2D eigenvalue weighted by Crippen LogP contribution is -2.28. The Morgan fingerprint density at radius 2 is 1.15 bits per heavy atom. The minimum atomic E-state index is -0.405. The van der Waals surface area contributed by atoms with Gasteiger partial charge in [-0.2, -0.15) is 0 Å². The molecule has 8 heteroatoms. The van der Waals surface area contributed by atoms with E-state index in [1.54, 1.807) is 31.2 Å². The van der Waals surface area contributed by atoms with Gasteiger partial charge in [-0.1, -0.05) is 19.2 Å². The van der Waals surface area contributed by atoms with E-state index in [0.29, 0.717) is 114 Å². The lowest BCUT2D eigenvalue weighted by atomic mass is 9.76. The van der Waals surface area contributed by atoms with Crippen LogP contribution in [0.25, 0.3) is 0 Å². The van der Waals surface area contributed by atoms with E-state index < -0.39 is 11.9 Å². The fourth-order valence-corrected chi connectivity index (χ4v) is 11.2. The number of esters is 4. The Morgan fingerprint density at radius 1 is 0.660 bits per heavy atom. The number of rotatable bonds is 12. The molecule has 6 fully saturated rings. The van der Waals surface area contributed by atoms with Gasteiger partial charge < -0.3 is 18.9 Å². The highest BCUT2D eigenvalue weighted by Crippen LogP contribution is 2.63. The van der Waals surface area contributed by atoms with Gasteiger partial charge >= 0.3 is 23.9 Å². The highest BCUT2D eigenvalue weighted by Gasteiger charge is 2.57. The van der Waals surface area contributed by atoms with Gasteiger partial charge in [-0.3, -0.25) is 0 Å². The molecule has 0 aromatic heterocycles. The molecule has 0 aliphatic heterocycles. The standard InChI is InChI=1S/C39H48O8/c1-4-36(40)44-17-22-8-30-27-14-29(33(16-27)34(30)10-22)20-47-39(43)25-7-5-6-24(12-25)38(42)45-18-23-9-31-26-13-28(19-46-37(41)21(2)3)32(15-26)35(31)11-23/h4-7,12,22-23,26-35H,1-2,8-11,13-20H2,3H3/t22?,23?,26?,27?,28?,29?,30-,31+,32?,33?,34-,35+/m1/s1. The summed E-state index contributed by atoms with van der Waals surface area (Å²) in [5, 5.41) is 0. The Morgan fingerprint density at radius 3 is 1.68 bits per heavy atom. The van der Waals surface area contributed by atoms with Crippen molar-refractivity contribution in [3.63, 3.8) is 0 Å². The third kappa shape index (κ3) is 6.41. The highest BCUT2D eigenvalue weighted by molar-refractivity contribution is 5.95. The van der Waals surface area contributed by atoms with Gasteiger partial charge in [0, 0.05) is 11.6 Å². The molecule has 6 aliphatic rings. The maximum atomic E-state index is 13.1. The molecule has 6 saturated carbocycles. The number of hydrogen-bond acceptors (Lipinski definition) is 8. The minimum absolute atomic E-state index is 0.304. The first-order valence-corrected chi connectivity index (χ1v) is 17.7. The van der Waals surface area contributed by atoms with Crippen molar-refractivity contribution < 1.29 is 38.1 Å². The summed E-state index contributed by atoms with van der Waals surface area (Å²) in [6.45, 7) is 10.6. The summed E-state index contributed by atoms with van der Waals surface area (Å²) in [6, 6.07) is 6.69. The molecular formula is C39H48O8. The van der Waals surface area contributed by atoms with Crippen molar-refractivity contribution in [3.8, 4) is 0 Å². The average Bonchev–Trinajstić information content (AvgIpc) is 3.91. The predicted molar refractivity (Wildman–Crippen MR) is 173 cm³/mol. The molecule has 8 unspecified atom stereocenters. The third-order valence-corrected chi connectivity index (χ3v) is 13.0. The van der Waals surface area contributed by atoms with Crippen molar-refractivity contribution in [3.05, 3.63) is 60.2 Å². The van der Waals surface area contributed by atoms with Crippen LogP contribution in [0, 0.1) is 71.0 Å². The molecule has 0 saturated heterocycles. The smallest absolute Gasteiger partial charge is 0.338 e. The van der Waals surface area contributed by atoms with E-state index in [9.17, 15) is 19.2 Å². The van der Waals surface area contributed by atoms with Gasteiger partial charge in [-0.15, -0.1) is 0 Å². The molecule has 0 spiro atoms. The summed E-state index contributed by atoms with van der Waals surface area (Å²) in [4.78, 5) is 49.5. The summed E-state index contributed by atoms with van der Waals surface area (Å²) in [6.07, 6.45) is 10.2. The van der Waals surface area contributed by atoms with Crippen LogP contribution in [0.3, 0.4) is 0 Å². The van der Waals surface area contributed by atoms with Gasteiger partial charge in [-0.05, 0) is 148 Å². The van der Waals surface area contributed by atoms with Crippen molar-refractivity contribution in [2.45, 2.75) is 58.3 Å². The zero-order valence-corrected chi connectivity index (χ0v) is 27.5. The molecule has 12 atom stereocenters. The lowest BCUT2D eigenvalue weighted by molar-refractivity contribution is -0.141. The number of fused-ring (bicyclic) bond motifs is 10. The number of carbonyl (C=O) groups excluding carboxylic acids is 4. The maximum absolute atomic E-state index is 13.1. The van der Waals surface area contributed by atoms with Crippen LogP contribution < -0.4 is 0 Å². The molecule has 1 aromatic rings. The van der Waals surface area contributed by atoms with Gasteiger partial charge in [0.25, 0.3) is 0 Å². The zero-order chi connectivity index (χ0) is 32.8. The van der Waals surface area contributed by atoms with Crippen LogP contribution in [-0.2, 0) is 28.5 Å². The summed E-state index contributed by atoms with van der Waals surface area (Å²) >= 11 is 0. The van der Waals surface area contributed by atoms with Crippen molar-refractivity contribution in [1.29, 1.82) is 0 Å². The van der Waals surface area contributed by atoms with E-state index in [0.717, 1.165) is 38.5 Å². The number of benzene rings is 1. The van der Waals surface area contributed by atoms with Crippen molar-refractivity contribution in [1.82, 2.24) is 0 Å². The quantitative estimate of drug-likeness (QED) is 0.145. The number of hydrogen-bond donors (Lipinski definition) is 0. The fourth-order valence-electron chi connectivity index (χ4n) is 11.2. The highest BCUT2D eigenvalue weighted by atomic mass is 16.5. The van der Waals surface area contributed by atoms with E-state index >= 15 is 0 Å². The second-order valence-electron chi connectivity index (χ2n) is 15.6. The molecule has 8 nitrogen and oxygen atoms in total. The molecule has 1 aromatic carbocycles. The molecule has 7 rings (SSSR count). The Labute approximate surface area is 277 Å². The van der Waals surface area contributed by atoms with Crippen molar-refractivity contribution in [2.75, 3.05) is 26.4 Å². The third-order valence-electron chi connectivity index (χ3n) is 13.0. The monoisotopic (exact) mass is 644 g/mol. The first kappa shape index (κ1) is 32.1. The normalized spacial score (nSPS) is 37.2. The minimum Gasteiger partial charge on any atom is -0.462 e. The van der Waals surface area contributed by atoms with Gasteiger partial charge in [0.15, 0.2) is 0 Å². The molecule has 0 amide bonds. The summed E-state index contributed by atoms with van der Waals surface area (Å²) in [7, 11) is 0. The molecule has 252 valence electrons. The van der Waals surface area contributed by atoms with E-state index in [2.05, 4.69) is 13.2 Å². The SMILES string of the molecule is C=CC(=O)OCC1C[C@@H]2C3CC(COC(=O)c4cccc(C(=O)OCC5C[C@@H]6C7CC(CC7COC(=O)C(=C)C)[C@@H]6C5)c4)C(C3)[C@@H]2C1. The molecule has 47 heavy (non-hydrogen) atoms.